The average molecular weight is 297 g/mol. The average Bonchev–Trinajstić information content (AvgIpc) is 2.49. The number of piperazine rings is 1. The highest BCUT2D eigenvalue weighted by atomic mass is 16.5. The summed E-state index contributed by atoms with van der Waals surface area (Å²) in [5.74, 6) is 0.711. The summed E-state index contributed by atoms with van der Waals surface area (Å²) in [6, 6.07) is 1.32. The Morgan fingerprint density at radius 1 is 1.14 bits per heavy atom. The molecule has 0 bridgehead atoms. The molecule has 2 fully saturated rings. The molecule has 0 radical (unpaired) electrons. The first-order valence-electron chi connectivity index (χ1n) is 8.79. The first-order chi connectivity index (χ1) is 10.1. The minimum Gasteiger partial charge on any atom is -0.381 e. The van der Waals surface area contributed by atoms with Gasteiger partial charge in [0, 0.05) is 51.9 Å². The van der Waals surface area contributed by atoms with E-state index in [0.717, 1.165) is 6.54 Å². The van der Waals surface area contributed by atoms with E-state index >= 15 is 0 Å². The summed E-state index contributed by atoms with van der Waals surface area (Å²) in [5.41, 5.74) is 0. The van der Waals surface area contributed by atoms with Crippen LogP contribution in [0.2, 0.25) is 0 Å². The first kappa shape index (κ1) is 17.2. The molecule has 4 nitrogen and oxygen atoms in total. The summed E-state index contributed by atoms with van der Waals surface area (Å²) in [7, 11) is 4.08. The van der Waals surface area contributed by atoms with Gasteiger partial charge in [-0.3, -0.25) is 4.90 Å². The summed E-state index contributed by atoms with van der Waals surface area (Å²) < 4.78 is 5.55. The minimum absolute atomic E-state index is 0.470. The van der Waals surface area contributed by atoms with Crippen molar-refractivity contribution in [2.24, 2.45) is 5.92 Å². The van der Waals surface area contributed by atoms with Crippen molar-refractivity contribution >= 4 is 0 Å². The maximum atomic E-state index is 5.55. The molecule has 1 heterocycles. The van der Waals surface area contributed by atoms with Crippen LogP contribution in [0.5, 0.6) is 0 Å². The number of likely N-dealkylation sites (N-methyl/N-ethyl adjacent to an activating group) is 1. The van der Waals surface area contributed by atoms with Gasteiger partial charge in [-0.25, -0.2) is 0 Å². The van der Waals surface area contributed by atoms with Gasteiger partial charge in [-0.2, -0.15) is 0 Å². The Labute approximate surface area is 131 Å². The lowest BCUT2D eigenvalue weighted by molar-refractivity contribution is 0.0524. The molecule has 0 aromatic carbocycles. The zero-order valence-corrected chi connectivity index (χ0v) is 14.5. The second kappa shape index (κ2) is 8.47. The molecule has 1 N–H and O–H groups in total. The van der Waals surface area contributed by atoms with Crippen LogP contribution in [0.15, 0.2) is 0 Å². The topological polar surface area (TPSA) is 27.7 Å². The van der Waals surface area contributed by atoms with Crippen LogP contribution in [0.3, 0.4) is 0 Å². The number of hydrogen-bond acceptors (Lipinski definition) is 4. The summed E-state index contributed by atoms with van der Waals surface area (Å²) in [5, 5.41) is 3.84. The van der Waals surface area contributed by atoms with Crippen LogP contribution in [0.1, 0.15) is 39.5 Å². The lowest BCUT2D eigenvalue weighted by Crippen LogP contribution is -2.55. The van der Waals surface area contributed by atoms with Gasteiger partial charge >= 0.3 is 0 Å². The number of nitrogens with one attached hydrogen (secondary N) is 1. The second-order valence-electron chi connectivity index (χ2n) is 7.28. The van der Waals surface area contributed by atoms with Gasteiger partial charge in [0.25, 0.3) is 0 Å². The van der Waals surface area contributed by atoms with Crippen molar-refractivity contribution < 1.29 is 4.74 Å². The van der Waals surface area contributed by atoms with Crippen molar-refractivity contribution in [1.82, 2.24) is 15.1 Å². The highest BCUT2D eigenvalue weighted by Gasteiger charge is 2.27. The van der Waals surface area contributed by atoms with E-state index in [1.165, 1.54) is 51.9 Å². The Balaban J connectivity index is 1.80. The molecule has 2 aliphatic rings. The van der Waals surface area contributed by atoms with Crippen LogP contribution in [-0.2, 0) is 4.74 Å². The lowest BCUT2D eigenvalue weighted by atomic mass is 9.92. The van der Waals surface area contributed by atoms with Crippen LogP contribution >= 0.6 is 0 Å². The smallest absolute Gasteiger partial charge is 0.0586 e. The predicted molar refractivity (Wildman–Crippen MR) is 88.8 cm³/mol. The van der Waals surface area contributed by atoms with E-state index in [0.29, 0.717) is 24.1 Å². The summed E-state index contributed by atoms with van der Waals surface area (Å²) >= 11 is 0. The van der Waals surface area contributed by atoms with Crippen LogP contribution < -0.4 is 5.32 Å². The molecular formula is C17H35N3O. The molecule has 0 amide bonds. The molecule has 21 heavy (non-hydrogen) atoms. The molecule has 1 saturated heterocycles. The van der Waals surface area contributed by atoms with Gasteiger partial charge in [0.05, 0.1) is 6.10 Å². The number of methoxy groups -OCH3 is 1. The highest BCUT2D eigenvalue weighted by molar-refractivity contribution is 4.85. The lowest BCUT2D eigenvalue weighted by Gasteiger charge is -2.41. The van der Waals surface area contributed by atoms with Crippen LogP contribution in [0, 0.1) is 5.92 Å². The molecule has 1 aliphatic heterocycles. The van der Waals surface area contributed by atoms with Crippen molar-refractivity contribution in [1.29, 1.82) is 0 Å². The monoisotopic (exact) mass is 297 g/mol. The van der Waals surface area contributed by atoms with E-state index in [2.05, 4.69) is 36.0 Å². The maximum Gasteiger partial charge on any atom is 0.0586 e. The van der Waals surface area contributed by atoms with Crippen molar-refractivity contribution in [2.45, 2.75) is 57.7 Å². The molecule has 3 unspecified atom stereocenters. The third-order valence-electron chi connectivity index (χ3n) is 5.35. The molecule has 4 heteroatoms. The molecule has 0 aromatic rings. The quantitative estimate of drug-likeness (QED) is 0.809. The van der Waals surface area contributed by atoms with E-state index in [9.17, 15) is 0 Å². The van der Waals surface area contributed by atoms with E-state index in [1.54, 1.807) is 0 Å². The normalized spacial score (nSPS) is 30.7. The number of rotatable bonds is 6. The number of nitrogens with zero attached hydrogens (tertiary/aromatic N) is 2. The zero-order valence-electron chi connectivity index (χ0n) is 14.5. The molecule has 1 aliphatic carbocycles. The van der Waals surface area contributed by atoms with E-state index in [1.807, 2.05) is 7.11 Å². The summed E-state index contributed by atoms with van der Waals surface area (Å²) in [6.45, 7) is 10.7. The van der Waals surface area contributed by atoms with Gasteiger partial charge in [-0.05, 0) is 38.6 Å². The van der Waals surface area contributed by atoms with Gasteiger partial charge in [-0.1, -0.05) is 13.8 Å². The molecular weight excluding hydrogens is 262 g/mol. The molecule has 0 aromatic heterocycles. The Hall–Kier alpha value is -0.160. The highest BCUT2D eigenvalue weighted by Crippen LogP contribution is 2.21. The second-order valence-corrected chi connectivity index (χ2v) is 7.28. The predicted octanol–water partition coefficient (Wildman–Crippen LogP) is 1.81. The molecule has 3 atom stereocenters. The molecule has 2 rings (SSSR count). The van der Waals surface area contributed by atoms with Gasteiger partial charge in [0.1, 0.15) is 0 Å². The van der Waals surface area contributed by atoms with Crippen molar-refractivity contribution in [3.05, 3.63) is 0 Å². The number of hydrogen-bond donors (Lipinski definition) is 1. The Morgan fingerprint density at radius 2 is 1.86 bits per heavy atom. The fourth-order valence-corrected chi connectivity index (χ4v) is 3.77. The standard InChI is InChI=1S/C17H35N3O/c1-14(2)17(20-10-8-19(3)9-11-20)13-18-15-6-5-7-16(12-15)21-4/h14-18H,5-13H2,1-4H3. The van der Waals surface area contributed by atoms with Gasteiger partial charge in [0.15, 0.2) is 0 Å². The molecule has 1 saturated carbocycles. The Bertz CT molecular complexity index is 290. The van der Waals surface area contributed by atoms with E-state index < -0.39 is 0 Å². The summed E-state index contributed by atoms with van der Waals surface area (Å²) in [6.07, 6.45) is 5.51. The maximum absolute atomic E-state index is 5.55. The minimum atomic E-state index is 0.470. The molecule has 124 valence electrons. The fraction of sp³-hybridized carbons (Fsp3) is 1.00. The van der Waals surface area contributed by atoms with Gasteiger partial charge < -0.3 is 15.0 Å². The fourth-order valence-electron chi connectivity index (χ4n) is 3.77. The zero-order chi connectivity index (χ0) is 15.2. The van der Waals surface area contributed by atoms with E-state index in [4.69, 9.17) is 4.74 Å². The third-order valence-corrected chi connectivity index (χ3v) is 5.35. The SMILES string of the molecule is COC1CCCC(NCC(C(C)C)N2CCN(C)CC2)C1. The van der Waals surface area contributed by atoms with Gasteiger partial charge in [-0.15, -0.1) is 0 Å². The number of ether oxygens (including phenoxy) is 1. The van der Waals surface area contributed by atoms with Crippen LogP contribution in [-0.4, -0.2) is 74.9 Å². The van der Waals surface area contributed by atoms with Gasteiger partial charge in [0.2, 0.25) is 0 Å². The van der Waals surface area contributed by atoms with Crippen molar-refractivity contribution in [2.75, 3.05) is 46.9 Å². The van der Waals surface area contributed by atoms with Crippen LogP contribution in [0.4, 0.5) is 0 Å². The first-order valence-corrected chi connectivity index (χ1v) is 8.79. The Kier molecular flexibility index (Phi) is 6.93. The van der Waals surface area contributed by atoms with Crippen LogP contribution in [0.25, 0.3) is 0 Å². The third kappa shape index (κ3) is 5.20. The van der Waals surface area contributed by atoms with E-state index in [-0.39, 0.29) is 0 Å². The Morgan fingerprint density at radius 3 is 2.48 bits per heavy atom. The van der Waals surface area contributed by atoms with Crippen molar-refractivity contribution in [3.8, 4) is 0 Å². The molecule has 0 spiro atoms. The largest absolute Gasteiger partial charge is 0.381 e. The van der Waals surface area contributed by atoms with Crippen molar-refractivity contribution in [3.63, 3.8) is 0 Å². The summed E-state index contributed by atoms with van der Waals surface area (Å²) in [4.78, 5) is 5.12.